The summed E-state index contributed by atoms with van der Waals surface area (Å²) >= 11 is 0. The molecule has 22 heavy (non-hydrogen) atoms. The molecule has 126 valence electrons. The number of nitrogens with zero attached hydrogens (tertiary/aromatic N) is 1. The van der Waals surface area contributed by atoms with E-state index in [1.54, 1.807) is 25.7 Å². The van der Waals surface area contributed by atoms with Gasteiger partial charge in [0.25, 0.3) is 10.1 Å². The van der Waals surface area contributed by atoms with Crippen LogP contribution in [0.4, 0.5) is 4.79 Å². The molecule has 0 aromatic carbocycles. The zero-order valence-electron chi connectivity index (χ0n) is 13.7. The third-order valence-electron chi connectivity index (χ3n) is 3.40. The van der Waals surface area contributed by atoms with Crippen LogP contribution >= 0.6 is 0 Å². The van der Waals surface area contributed by atoms with Crippen molar-refractivity contribution in [2.24, 2.45) is 0 Å². The molecule has 0 aliphatic carbocycles. The largest absolute Gasteiger partial charge is 0.444 e. The number of likely N-dealkylation sites (tertiary alicyclic amines) is 1. The van der Waals surface area contributed by atoms with Gasteiger partial charge in [-0.25, -0.2) is 4.79 Å². The molecule has 0 aromatic heterocycles. The number of hydrogen-bond acceptors (Lipinski definition) is 5. The Morgan fingerprint density at radius 3 is 2.55 bits per heavy atom. The van der Waals surface area contributed by atoms with Crippen LogP contribution in [0.25, 0.3) is 0 Å². The second-order valence-corrected chi connectivity index (χ2v) is 8.19. The van der Waals surface area contributed by atoms with Gasteiger partial charge < -0.3 is 4.74 Å². The predicted octanol–water partition coefficient (Wildman–Crippen LogP) is 2.15. The van der Waals surface area contributed by atoms with Crippen LogP contribution in [0.2, 0.25) is 0 Å². The van der Waals surface area contributed by atoms with Gasteiger partial charge in [0.05, 0.1) is 12.9 Å². The van der Waals surface area contributed by atoms with Gasteiger partial charge in [-0.3, -0.25) is 9.08 Å². The Balaban J connectivity index is 2.70. The average Bonchev–Trinajstić information content (AvgIpc) is 2.76. The van der Waals surface area contributed by atoms with Crippen molar-refractivity contribution < 1.29 is 22.1 Å². The van der Waals surface area contributed by atoms with Crippen molar-refractivity contribution in [3.8, 4) is 12.3 Å². The van der Waals surface area contributed by atoms with Crippen LogP contribution in [0, 0.1) is 12.3 Å². The van der Waals surface area contributed by atoms with Crippen LogP contribution in [0.5, 0.6) is 0 Å². The molecule has 1 heterocycles. The maximum atomic E-state index is 12.3. The maximum Gasteiger partial charge on any atom is 0.411 e. The number of terminal acetylenes is 1. The molecule has 1 saturated heterocycles. The van der Waals surface area contributed by atoms with Gasteiger partial charge in [0, 0.05) is 6.54 Å². The van der Waals surface area contributed by atoms with Crippen molar-refractivity contribution in [3.05, 3.63) is 0 Å². The topological polar surface area (TPSA) is 72.9 Å². The van der Waals surface area contributed by atoms with E-state index >= 15 is 0 Å². The van der Waals surface area contributed by atoms with Crippen LogP contribution < -0.4 is 0 Å². The summed E-state index contributed by atoms with van der Waals surface area (Å²) in [6.07, 6.45) is 8.68. The van der Waals surface area contributed by atoms with Crippen molar-refractivity contribution in [2.75, 3.05) is 19.4 Å². The molecule has 1 fully saturated rings. The van der Waals surface area contributed by atoms with E-state index in [0.29, 0.717) is 25.8 Å². The highest BCUT2D eigenvalue weighted by molar-refractivity contribution is 7.85. The molecule has 6 nitrogen and oxygen atoms in total. The van der Waals surface area contributed by atoms with Crippen molar-refractivity contribution in [2.45, 2.75) is 57.6 Å². The van der Waals surface area contributed by atoms with Gasteiger partial charge in [0.15, 0.2) is 0 Å². The summed E-state index contributed by atoms with van der Waals surface area (Å²) in [6.45, 7) is 6.02. The van der Waals surface area contributed by atoms with Crippen LogP contribution in [0.3, 0.4) is 0 Å². The molecule has 0 N–H and O–H groups in total. The van der Waals surface area contributed by atoms with Crippen LogP contribution in [0.1, 0.15) is 46.5 Å². The number of ether oxygens (including phenoxy) is 1. The minimum atomic E-state index is -3.46. The smallest absolute Gasteiger partial charge is 0.411 e. The molecule has 1 rings (SSSR count). The van der Waals surface area contributed by atoms with Gasteiger partial charge in [-0.1, -0.05) is 5.92 Å². The fourth-order valence-electron chi connectivity index (χ4n) is 2.52. The Hall–Kier alpha value is -1.26. The van der Waals surface area contributed by atoms with Gasteiger partial charge in [-0.05, 0) is 46.5 Å². The lowest BCUT2D eigenvalue weighted by Crippen LogP contribution is -2.48. The molecule has 1 amide bonds. The molecular weight excluding hydrogens is 306 g/mol. The minimum Gasteiger partial charge on any atom is -0.444 e. The number of rotatable bonds is 5. The first-order chi connectivity index (χ1) is 9.99. The standard InChI is InChI=1S/C15H25NO5S/c1-6-15(10-8-12-20-22(5,18)19)9-7-11-16(15)13(17)21-14(2,3)4/h1H,7-12H2,2-5H3. The minimum absolute atomic E-state index is 0.0599. The fraction of sp³-hybridized carbons (Fsp3) is 0.800. The molecular formula is C15H25NO5S. The number of carbonyl (C=O) groups excluding carboxylic acids is 1. The SMILES string of the molecule is C#CC1(CCCOS(C)(=O)=O)CCCN1C(=O)OC(C)(C)C. The van der Waals surface area contributed by atoms with Crippen molar-refractivity contribution >= 4 is 16.2 Å². The normalized spacial score (nSPS) is 22.4. The van der Waals surface area contributed by atoms with Crippen LogP contribution in [-0.4, -0.2) is 50.0 Å². The van der Waals surface area contributed by atoms with E-state index in [0.717, 1.165) is 12.7 Å². The second kappa shape index (κ2) is 6.88. The number of carbonyl (C=O) groups is 1. The summed E-state index contributed by atoms with van der Waals surface area (Å²) in [7, 11) is -3.46. The van der Waals surface area contributed by atoms with Crippen molar-refractivity contribution in [3.63, 3.8) is 0 Å². The zero-order chi connectivity index (χ0) is 17.0. The molecule has 1 aliphatic heterocycles. The Kier molecular flexibility index (Phi) is 5.88. The molecule has 0 radical (unpaired) electrons. The van der Waals surface area contributed by atoms with E-state index in [-0.39, 0.29) is 6.61 Å². The first-order valence-electron chi connectivity index (χ1n) is 7.32. The van der Waals surface area contributed by atoms with E-state index in [2.05, 4.69) is 5.92 Å². The Bertz CT molecular complexity index is 543. The molecule has 0 saturated carbocycles. The van der Waals surface area contributed by atoms with Gasteiger partial charge in [0.1, 0.15) is 11.1 Å². The maximum absolute atomic E-state index is 12.3. The zero-order valence-corrected chi connectivity index (χ0v) is 14.5. The van der Waals surface area contributed by atoms with E-state index in [1.165, 1.54) is 0 Å². The van der Waals surface area contributed by atoms with E-state index < -0.39 is 27.4 Å². The highest BCUT2D eigenvalue weighted by Gasteiger charge is 2.43. The molecule has 0 bridgehead atoms. The van der Waals surface area contributed by atoms with Gasteiger partial charge >= 0.3 is 6.09 Å². The average molecular weight is 331 g/mol. The van der Waals surface area contributed by atoms with E-state index in [4.69, 9.17) is 15.3 Å². The van der Waals surface area contributed by atoms with Gasteiger partial charge in [-0.2, -0.15) is 8.42 Å². The van der Waals surface area contributed by atoms with Crippen LogP contribution in [-0.2, 0) is 19.0 Å². The molecule has 1 aliphatic rings. The third-order valence-corrected chi connectivity index (χ3v) is 4.00. The van der Waals surface area contributed by atoms with Gasteiger partial charge in [0.2, 0.25) is 0 Å². The molecule has 1 unspecified atom stereocenters. The quantitative estimate of drug-likeness (QED) is 0.438. The molecule has 0 spiro atoms. The summed E-state index contributed by atoms with van der Waals surface area (Å²) in [5.41, 5.74) is -1.30. The predicted molar refractivity (Wildman–Crippen MR) is 83.8 cm³/mol. The lowest BCUT2D eigenvalue weighted by Gasteiger charge is -2.35. The van der Waals surface area contributed by atoms with Gasteiger partial charge in [-0.15, -0.1) is 6.42 Å². The number of amides is 1. The Morgan fingerprint density at radius 1 is 1.41 bits per heavy atom. The third kappa shape index (κ3) is 5.50. The second-order valence-electron chi connectivity index (χ2n) is 6.54. The monoisotopic (exact) mass is 331 g/mol. The summed E-state index contributed by atoms with van der Waals surface area (Å²) in [5.74, 6) is 2.71. The number of hydrogen-bond donors (Lipinski definition) is 0. The molecule has 1 atom stereocenters. The molecule has 7 heteroatoms. The summed E-state index contributed by atoms with van der Waals surface area (Å²) in [6, 6.07) is 0. The summed E-state index contributed by atoms with van der Waals surface area (Å²) in [5, 5.41) is 0. The summed E-state index contributed by atoms with van der Waals surface area (Å²) in [4.78, 5) is 13.9. The lowest BCUT2D eigenvalue weighted by molar-refractivity contribution is 0.0143. The highest BCUT2D eigenvalue weighted by atomic mass is 32.2. The highest BCUT2D eigenvalue weighted by Crippen LogP contribution is 2.34. The Labute approximate surface area is 133 Å². The lowest BCUT2D eigenvalue weighted by atomic mass is 9.91. The summed E-state index contributed by atoms with van der Waals surface area (Å²) < 4.78 is 32.0. The van der Waals surface area contributed by atoms with E-state index in [9.17, 15) is 13.2 Å². The molecule has 0 aromatic rings. The van der Waals surface area contributed by atoms with E-state index in [1.807, 2.05) is 0 Å². The Morgan fingerprint density at radius 2 is 2.05 bits per heavy atom. The van der Waals surface area contributed by atoms with Crippen LogP contribution in [0.15, 0.2) is 0 Å². The van der Waals surface area contributed by atoms with Crippen molar-refractivity contribution in [1.29, 1.82) is 0 Å². The first-order valence-corrected chi connectivity index (χ1v) is 9.14. The first kappa shape index (κ1) is 18.8. The fourth-order valence-corrected chi connectivity index (χ4v) is 2.94. The van der Waals surface area contributed by atoms with Crippen molar-refractivity contribution in [1.82, 2.24) is 4.90 Å².